The second-order valence-corrected chi connectivity index (χ2v) is 10.6. The van der Waals surface area contributed by atoms with E-state index in [1.807, 2.05) is 13.0 Å². The molecule has 1 N–H and O–H groups in total. The van der Waals surface area contributed by atoms with Gasteiger partial charge in [-0.25, -0.2) is 13.1 Å². The lowest BCUT2D eigenvalue weighted by Gasteiger charge is -2.33. The van der Waals surface area contributed by atoms with Crippen molar-refractivity contribution in [3.05, 3.63) is 59.1 Å². The van der Waals surface area contributed by atoms with Crippen molar-refractivity contribution in [3.8, 4) is 0 Å². The molecule has 2 saturated heterocycles. The maximum absolute atomic E-state index is 13.0. The van der Waals surface area contributed by atoms with Gasteiger partial charge in [-0.3, -0.25) is 9.59 Å². The number of likely N-dealkylation sites (tertiary alicyclic amines) is 1. The molecular formula is C23H26ClN3O4S. The molecule has 2 heterocycles. The van der Waals surface area contributed by atoms with Crippen molar-refractivity contribution in [1.29, 1.82) is 0 Å². The molecular weight excluding hydrogens is 450 g/mol. The van der Waals surface area contributed by atoms with Gasteiger partial charge < -0.3 is 9.80 Å². The van der Waals surface area contributed by atoms with Crippen LogP contribution in [0.4, 0.5) is 5.69 Å². The first-order valence-corrected chi connectivity index (χ1v) is 12.5. The number of piperidine rings is 1. The summed E-state index contributed by atoms with van der Waals surface area (Å²) >= 11 is 6.04. The molecule has 32 heavy (non-hydrogen) atoms. The summed E-state index contributed by atoms with van der Waals surface area (Å²) in [6.45, 7) is 3.16. The van der Waals surface area contributed by atoms with Gasteiger partial charge in [-0.1, -0.05) is 35.4 Å². The van der Waals surface area contributed by atoms with E-state index in [1.165, 1.54) is 0 Å². The largest absolute Gasteiger partial charge is 0.342 e. The Morgan fingerprint density at radius 2 is 1.78 bits per heavy atom. The summed E-state index contributed by atoms with van der Waals surface area (Å²) in [4.78, 5) is 29.1. The minimum atomic E-state index is -3.59. The zero-order chi connectivity index (χ0) is 22.9. The first-order valence-electron chi connectivity index (χ1n) is 10.7. The highest BCUT2D eigenvalue weighted by atomic mass is 35.5. The third-order valence-electron chi connectivity index (χ3n) is 6.05. The van der Waals surface area contributed by atoms with Crippen molar-refractivity contribution < 1.29 is 18.0 Å². The van der Waals surface area contributed by atoms with Gasteiger partial charge in [0.1, 0.15) is 0 Å². The molecule has 0 saturated carbocycles. The van der Waals surface area contributed by atoms with Gasteiger partial charge in [-0.05, 0) is 50.1 Å². The third kappa shape index (κ3) is 4.98. The van der Waals surface area contributed by atoms with Gasteiger partial charge in [0.25, 0.3) is 0 Å². The second kappa shape index (κ2) is 9.21. The van der Waals surface area contributed by atoms with Crippen LogP contribution in [0.1, 0.15) is 24.8 Å². The van der Waals surface area contributed by atoms with Crippen molar-refractivity contribution in [1.82, 2.24) is 9.62 Å². The zero-order valence-corrected chi connectivity index (χ0v) is 19.4. The van der Waals surface area contributed by atoms with Gasteiger partial charge in [-0.15, -0.1) is 0 Å². The molecule has 9 heteroatoms. The summed E-state index contributed by atoms with van der Waals surface area (Å²) in [6, 6.07) is 13.6. The number of carbonyl (C=O) groups is 2. The average Bonchev–Trinajstić information content (AvgIpc) is 3.15. The first kappa shape index (κ1) is 22.8. The van der Waals surface area contributed by atoms with Gasteiger partial charge >= 0.3 is 0 Å². The lowest BCUT2D eigenvalue weighted by molar-refractivity contribution is -0.136. The fourth-order valence-corrected chi connectivity index (χ4v) is 5.74. The maximum Gasteiger partial charge on any atom is 0.240 e. The molecule has 2 aromatic rings. The fourth-order valence-electron chi connectivity index (χ4n) is 4.25. The van der Waals surface area contributed by atoms with E-state index in [-0.39, 0.29) is 29.2 Å². The number of nitrogens with zero attached hydrogens (tertiary/aromatic N) is 2. The van der Waals surface area contributed by atoms with Gasteiger partial charge in [-0.2, -0.15) is 0 Å². The van der Waals surface area contributed by atoms with Gasteiger partial charge in [0.2, 0.25) is 21.8 Å². The summed E-state index contributed by atoms with van der Waals surface area (Å²) < 4.78 is 28.0. The summed E-state index contributed by atoms with van der Waals surface area (Å²) in [5, 5.41) is 0.542. The molecule has 2 aliphatic rings. The molecule has 0 radical (unpaired) electrons. The number of rotatable bonds is 5. The Bertz CT molecular complexity index is 1110. The van der Waals surface area contributed by atoms with E-state index in [1.54, 1.807) is 52.3 Å². The van der Waals surface area contributed by atoms with E-state index in [2.05, 4.69) is 4.72 Å². The number of carbonyl (C=O) groups excluding carboxylic acids is 2. The lowest BCUT2D eigenvalue weighted by atomic mass is 10.0. The molecule has 2 aromatic carbocycles. The predicted molar refractivity (Wildman–Crippen MR) is 123 cm³/mol. The highest BCUT2D eigenvalue weighted by molar-refractivity contribution is 7.89. The van der Waals surface area contributed by atoms with Crippen LogP contribution in [0, 0.1) is 12.8 Å². The number of benzene rings is 2. The monoisotopic (exact) mass is 475 g/mol. The number of hydrogen-bond acceptors (Lipinski definition) is 4. The van der Waals surface area contributed by atoms with Gasteiger partial charge in [0.05, 0.1) is 10.8 Å². The summed E-state index contributed by atoms with van der Waals surface area (Å²) in [6.07, 6.45) is 1.25. The SMILES string of the molecule is Cc1ccc(S(=O)(=O)NC2CCN(C(=O)C3CC(=O)N(c4cccc(Cl)c4)C3)CC2)cc1. The third-order valence-corrected chi connectivity index (χ3v) is 7.83. The highest BCUT2D eigenvalue weighted by Crippen LogP contribution is 2.29. The quantitative estimate of drug-likeness (QED) is 0.720. The lowest BCUT2D eigenvalue weighted by Crippen LogP contribution is -2.48. The Kier molecular flexibility index (Phi) is 6.55. The number of nitrogens with one attached hydrogen (secondary N) is 1. The number of amides is 2. The van der Waals surface area contributed by atoms with Crippen LogP contribution in [0.5, 0.6) is 0 Å². The molecule has 170 valence electrons. The number of sulfonamides is 1. The molecule has 4 rings (SSSR count). The van der Waals surface area contributed by atoms with Crippen molar-refractivity contribution >= 4 is 39.1 Å². The summed E-state index contributed by atoms with van der Waals surface area (Å²) in [5.41, 5.74) is 1.69. The van der Waals surface area contributed by atoms with Crippen LogP contribution in [-0.4, -0.2) is 50.8 Å². The highest BCUT2D eigenvalue weighted by Gasteiger charge is 2.38. The standard InChI is InChI=1S/C23H26ClN3O4S/c1-16-5-7-21(8-6-16)32(30,31)25-19-9-11-26(12-10-19)23(29)17-13-22(28)27(15-17)20-4-2-3-18(24)14-20/h2-8,14,17,19,25H,9-13,15H2,1H3. The molecule has 1 atom stereocenters. The molecule has 0 aliphatic carbocycles. The van der Waals surface area contributed by atoms with Crippen molar-refractivity contribution in [3.63, 3.8) is 0 Å². The maximum atomic E-state index is 13.0. The molecule has 0 aromatic heterocycles. The van der Waals surface area contributed by atoms with E-state index >= 15 is 0 Å². The summed E-state index contributed by atoms with van der Waals surface area (Å²) in [7, 11) is -3.59. The van der Waals surface area contributed by atoms with E-state index < -0.39 is 15.9 Å². The topological polar surface area (TPSA) is 86.8 Å². The Morgan fingerprint density at radius 3 is 2.44 bits per heavy atom. The average molecular weight is 476 g/mol. The number of aryl methyl sites for hydroxylation is 1. The number of anilines is 1. The summed E-state index contributed by atoms with van der Waals surface area (Å²) in [5.74, 6) is -0.545. The Labute approximate surface area is 193 Å². The Morgan fingerprint density at radius 1 is 1.09 bits per heavy atom. The Balaban J connectivity index is 1.33. The van der Waals surface area contributed by atoms with Gasteiger partial charge in [0.15, 0.2) is 0 Å². The number of hydrogen-bond donors (Lipinski definition) is 1. The minimum Gasteiger partial charge on any atom is -0.342 e. The number of halogens is 1. The minimum absolute atomic E-state index is 0.0530. The van der Waals surface area contributed by atoms with Crippen LogP contribution in [0.2, 0.25) is 5.02 Å². The first-order chi connectivity index (χ1) is 15.2. The van der Waals surface area contributed by atoms with Crippen molar-refractivity contribution in [2.75, 3.05) is 24.5 Å². The van der Waals surface area contributed by atoms with E-state index in [9.17, 15) is 18.0 Å². The van der Waals surface area contributed by atoms with E-state index in [4.69, 9.17) is 11.6 Å². The van der Waals surface area contributed by atoms with Crippen LogP contribution < -0.4 is 9.62 Å². The molecule has 2 amide bonds. The molecule has 2 aliphatic heterocycles. The van der Waals surface area contributed by atoms with E-state index in [0.29, 0.717) is 43.2 Å². The normalized spacial score (nSPS) is 20.1. The Hall–Kier alpha value is -2.42. The van der Waals surface area contributed by atoms with Crippen LogP contribution in [0.15, 0.2) is 53.4 Å². The molecule has 2 fully saturated rings. The molecule has 1 unspecified atom stereocenters. The van der Waals surface area contributed by atoms with Crippen LogP contribution in [0.25, 0.3) is 0 Å². The van der Waals surface area contributed by atoms with Crippen molar-refractivity contribution in [2.24, 2.45) is 5.92 Å². The van der Waals surface area contributed by atoms with Crippen molar-refractivity contribution in [2.45, 2.75) is 37.1 Å². The predicted octanol–water partition coefficient (Wildman–Crippen LogP) is 2.97. The van der Waals surface area contributed by atoms with E-state index in [0.717, 1.165) is 5.56 Å². The van der Waals surface area contributed by atoms with Crippen LogP contribution >= 0.6 is 11.6 Å². The van der Waals surface area contributed by atoms with Crippen LogP contribution in [-0.2, 0) is 19.6 Å². The van der Waals surface area contributed by atoms with Crippen LogP contribution in [0.3, 0.4) is 0 Å². The molecule has 7 nitrogen and oxygen atoms in total. The molecule has 0 spiro atoms. The second-order valence-electron chi connectivity index (χ2n) is 8.42. The fraction of sp³-hybridized carbons (Fsp3) is 0.391. The molecule has 0 bridgehead atoms. The zero-order valence-electron chi connectivity index (χ0n) is 17.8. The van der Waals surface area contributed by atoms with Gasteiger partial charge in [0, 0.05) is 42.8 Å². The smallest absolute Gasteiger partial charge is 0.240 e.